The molecule has 5 aliphatic rings. The van der Waals surface area contributed by atoms with Gasteiger partial charge in [-0.05, 0) is 56.3 Å². The van der Waals surface area contributed by atoms with Gasteiger partial charge in [0.25, 0.3) is 0 Å². The van der Waals surface area contributed by atoms with Crippen molar-refractivity contribution in [2.24, 2.45) is 17.8 Å². The zero-order valence-corrected chi connectivity index (χ0v) is 13.5. The number of nitrogens with one attached hydrogen (secondary N) is 1. The molecule has 22 heavy (non-hydrogen) atoms. The molecule has 1 heterocycles. The van der Waals surface area contributed by atoms with E-state index in [0.29, 0.717) is 0 Å². The Bertz CT molecular complexity index is 396. The van der Waals surface area contributed by atoms with E-state index in [0.717, 1.165) is 50.5 Å². The van der Waals surface area contributed by atoms with Crippen molar-refractivity contribution in [3.05, 3.63) is 0 Å². The molecule has 2 N–H and O–H groups in total. The lowest BCUT2D eigenvalue weighted by atomic mass is 9.53. The van der Waals surface area contributed by atoms with E-state index in [4.69, 9.17) is 5.11 Å². The number of hydrogen-bond acceptors (Lipinski definition) is 3. The maximum Gasteiger partial charge on any atom is 0.317 e. The van der Waals surface area contributed by atoms with Crippen molar-refractivity contribution in [1.82, 2.24) is 15.1 Å². The van der Waals surface area contributed by atoms with E-state index in [-0.39, 0.29) is 18.2 Å². The van der Waals surface area contributed by atoms with Gasteiger partial charge in [0.1, 0.15) is 0 Å². The van der Waals surface area contributed by atoms with Crippen LogP contribution in [0.3, 0.4) is 0 Å². The largest absolute Gasteiger partial charge is 0.395 e. The van der Waals surface area contributed by atoms with Gasteiger partial charge in [-0.15, -0.1) is 0 Å². The number of aliphatic hydroxyl groups is 1. The van der Waals surface area contributed by atoms with Crippen LogP contribution in [0.15, 0.2) is 0 Å². The summed E-state index contributed by atoms with van der Waals surface area (Å²) in [7, 11) is 0. The molecule has 0 aromatic carbocycles. The van der Waals surface area contributed by atoms with Crippen molar-refractivity contribution < 1.29 is 9.90 Å². The van der Waals surface area contributed by atoms with Crippen molar-refractivity contribution in [2.75, 3.05) is 39.3 Å². The molecule has 0 radical (unpaired) electrons. The molecule has 0 spiro atoms. The molecule has 4 aliphatic carbocycles. The molecule has 0 aromatic heterocycles. The Balaban J connectivity index is 1.35. The first-order valence-corrected chi connectivity index (χ1v) is 9.06. The third kappa shape index (κ3) is 2.73. The monoisotopic (exact) mass is 307 g/mol. The van der Waals surface area contributed by atoms with Crippen molar-refractivity contribution in [2.45, 2.75) is 44.1 Å². The third-order valence-electron chi connectivity index (χ3n) is 6.49. The Morgan fingerprint density at radius 2 is 1.55 bits per heavy atom. The fraction of sp³-hybridized carbons (Fsp3) is 0.941. The normalized spacial score (nSPS) is 41.0. The molecular formula is C17H29N3O2. The zero-order chi connectivity index (χ0) is 15.2. The van der Waals surface area contributed by atoms with Gasteiger partial charge in [-0.1, -0.05) is 0 Å². The van der Waals surface area contributed by atoms with Crippen molar-refractivity contribution in [3.8, 4) is 0 Å². The van der Waals surface area contributed by atoms with Crippen LogP contribution in [-0.2, 0) is 0 Å². The smallest absolute Gasteiger partial charge is 0.317 e. The summed E-state index contributed by atoms with van der Waals surface area (Å²) in [6.45, 7) is 4.28. The van der Waals surface area contributed by atoms with Crippen LogP contribution in [0.5, 0.6) is 0 Å². The zero-order valence-electron chi connectivity index (χ0n) is 13.5. The molecule has 4 bridgehead atoms. The summed E-state index contributed by atoms with van der Waals surface area (Å²) in [5.74, 6) is 2.61. The number of nitrogens with zero attached hydrogens (tertiary/aromatic N) is 2. The predicted molar refractivity (Wildman–Crippen MR) is 84.5 cm³/mol. The average molecular weight is 307 g/mol. The first-order valence-electron chi connectivity index (χ1n) is 9.06. The molecule has 4 saturated carbocycles. The summed E-state index contributed by atoms with van der Waals surface area (Å²) in [5, 5.41) is 12.5. The Kier molecular flexibility index (Phi) is 3.81. The number of piperazine rings is 1. The second kappa shape index (κ2) is 5.68. The van der Waals surface area contributed by atoms with Gasteiger partial charge in [0, 0.05) is 38.3 Å². The van der Waals surface area contributed by atoms with Gasteiger partial charge in [-0.3, -0.25) is 4.90 Å². The minimum Gasteiger partial charge on any atom is -0.395 e. The van der Waals surface area contributed by atoms with E-state index in [9.17, 15) is 4.79 Å². The van der Waals surface area contributed by atoms with E-state index in [1.807, 2.05) is 4.90 Å². The SMILES string of the molecule is O=C(NC12CC3CC(CC(C3)C1)C2)N1CCN(CCO)CC1. The van der Waals surface area contributed by atoms with Crippen LogP contribution in [0.2, 0.25) is 0 Å². The van der Waals surface area contributed by atoms with E-state index in [2.05, 4.69) is 10.2 Å². The molecule has 5 nitrogen and oxygen atoms in total. The van der Waals surface area contributed by atoms with Gasteiger partial charge < -0.3 is 15.3 Å². The van der Waals surface area contributed by atoms with Crippen LogP contribution in [-0.4, -0.2) is 65.8 Å². The Morgan fingerprint density at radius 3 is 2.05 bits per heavy atom. The fourth-order valence-electron chi connectivity index (χ4n) is 5.89. The minimum atomic E-state index is 0.119. The fourth-order valence-corrected chi connectivity index (χ4v) is 5.89. The summed E-state index contributed by atoms with van der Waals surface area (Å²) in [6, 6.07) is 0.158. The topological polar surface area (TPSA) is 55.8 Å². The van der Waals surface area contributed by atoms with E-state index in [1.54, 1.807) is 0 Å². The Morgan fingerprint density at radius 1 is 1.00 bits per heavy atom. The molecule has 0 atom stereocenters. The number of urea groups is 1. The van der Waals surface area contributed by atoms with E-state index < -0.39 is 0 Å². The third-order valence-corrected chi connectivity index (χ3v) is 6.49. The van der Waals surface area contributed by atoms with Crippen LogP contribution < -0.4 is 5.32 Å². The number of carbonyl (C=O) groups is 1. The highest BCUT2D eigenvalue weighted by Gasteiger charge is 2.51. The lowest BCUT2D eigenvalue weighted by Gasteiger charge is -2.57. The van der Waals surface area contributed by atoms with Gasteiger partial charge in [-0.25, -0.2) is 4.79 Å². The number of aliphatic hydroxyl groups excluding tert-OH is 1. The number of β-amino-alcohol motifs (C(OH)–C–C–N with tert-alkyl or cyclic N) is 1. The summed E-state index contributed by atoms with van der Waals surface area (Å²) in [5.41, 5.74) is 0.119. The molecule has 1 saturated heterocycles. The first-order chi connectivity index (χ1) is 10.7. The molecule has 0 unspecified atom stereocenters. The quantitative estimate of drug-likeness (QED) is 0.826. The summed E-state index contributed by atoms with van der Waals surface area (Å²) in [6.07, 6.45) is 7.89. The van der Waals surface area contributed by atoms with Crippen LogP contribution >= 0.6 is 0 Å². The molecule has 2 amide bonds. The van der Waals surface area contributed by atoms with Crippen molar-refractivity contribution in [1.29, 1.82) is 0 Å². The molecule has 5 rings (SSSR count). The van der Waals surface area contributed by atoms with Crippen LogP contribution in [0.1, 0.15) is 38.5 Å². The lowest BCUT2D eigenvalue weighted by molar-refractivity contribution is -0.0165. The van der Waals surface area contributed by atoms with Gasteiger partial charge in [0.15, 0.2) is 0 Å². The molecule has 124 valence electrons. The number of rotatable bonds is 3. The van der Waals surface area contributed by atoms with Gasteiger partial charge in [-0.2, -0.15) is 0 Å². The summed E-state index contributed by atoms with van der Waals surface area (Å²) in [4.78, 5) is 16.9. The standard InChI is InChI=1S/C17H29N3O2/c21-6-5-19-1-3-20(4-2-19)16(22)18-17-10-13-7-14(11-17)9-15(8-13)12-17/h13-15,21H,1-12H2,(H,18,22). The van der Waals surface area contributed by atoms with Gasteiger partial charge in [0.05, 0.1) is 6.61 Å². The van der Waals surface area contributed by atoms with Crippen molar-refractivity contribution >= 4 is 6.03 Å². The van der Waals surface area contributed by atoms with Crippen LogP contribution in [0.25, 0.3) is 0 Å². The molecule has 5 heteroatoms. The second-order valence-corrected chi connectivity index (χ2v) is 8.18. The number of amides is 2. The molecule has 1 aliphatic heterocycles. The highest BCUT2D eigenvalue weighted by atomic mass is 16.3. The predicted octanol–water partition coefficient (Wildman–Crippen LogP) is 1.27. The van der Waals surface area contributed by atoms with Crippen LogP contribution in [0, 0.1) is 17.8 Å². The first kappa shape index (κ1) is 14.8. The van der Waals surface area contributed by atoms with Crippen LogP contribution in [0.4, 0.5) is 4.79 Å². The average Bonchev–Trinajstić information content (AvgIpc) is 2.46. The summed E-state index contributed by atoms with van der Waals surface area (Å²) >= 11 is 0. The van der Waals surface area contributed by atoms with Gasteiger partial charge in [0.2, 0.25) is 0 Å². The molecule has 5 fully saturated rings. The number of hydrogen-bond donors (Lipinski definition) is 2. The highest BCUT2D eigenvalue weighted by molar-refractivity contribution is 5.75. The Hall–Kier alpha value is -0.810. The lowest BCUT2D eigenvalue weighted by Crippen LogP contribution is -2.63. The van der Waals surface area contributed by atoms with Crippen molar-refractivity contribution in [3.63, 3.8) is 0 Å². The highest BCUT2D eigenvalue weighted by Crippen LogP contribution is 2.55. The Labute approximate surface area is 133 Å². The van der Waals surface area contributed by atoms with E-state index >= 15 is 0 Å². The second-order valence-electron chi connectivity index (χ2n) is 8.18. The maximum atomic E-state index is 12.7. The summed E-state index contributed by atoms with van der Waals surface area (Å²) < 4.78 is 0. The maximum absolute atomic E-state index is 12.7. The molecule has 0 aromatic rings. The number of carbonyl (C=O) groups excluding carboxylic acids is 1. The minimum absolute atomic E-state index is 0.119. The van der Waals surface area contributed by atoms with Gasteiger partial charge >= 0.3 is 6.03 Å². The molecular weight excluding hydrogens is 278 g/mol. The van der Waals surface area contributed by atoms with E-state index in [1.165, 1.54) is 38.5 Å².